The van der Waals surface area contributed by atoms with Gasteiger partial charge in [-0.2, -0.15) is 0 Å². The molecule has 2 bridgehead atoms. The molecule has 0 aliphatic carbocycles. The third-order valence-corrected chi connectivity index (χ3v) is 6.77. The Bertz CT molecular complexity index is 773. The molecule has 3 saturated heterocycles. The molecule has 0 N–H and O–H groups in total. The lowest BCUT2D eigenvalue weighted by molar-refractivity contribution is -0.145. The molecule has 0 radical (unpaired) electrons. The van der Waals surface area contributed by atoms with Crippen molar-refractivity contribution in [3.05, 3.63) is 35.4 Å². The molecule has 0 saturated carbocycles. The quantitative estimate of drug-likeness (QED) is 0.762. The van der Waals surface area contributed by atoms with Crippen LogP contribution in [0, 0.1) is 11.8 Å². The van der Waals surface area contributed by atoms with E-state index in [0.29, 0.717) is 47.9 Å². The van der Waals surface area contributed by atoms with E-state index in [-0.39, 0.29) is 11.8 Å². The molecule has 1 aromatic carbocycles. The van der Waals surface area contributed by atoms with Crippen LogP contribution in [0.4, 0.5) is 0 Å². The molecule has 27 heavy (non-hydrogen) atoms. The summed E-state index contributed by atoms with van der Waals surface area (Å²) in [6, 6.07) is 7.46. The van der Waals surface area contributed by atoms with Crippen molar-refractivity contribution in [2.24, 2.45) is 11.8 Å². The van der Waals surface area contributed by atoms with Crippen LogP contribution in [0.15, 0.2) is 24.3 Å². The van der Waals surface area contributed by atoms with Crippen molar-refractivity contribution < 1.29 is 14.4 Å². The summed E-state index contributed by atoms with van der Waals surface area (Å²) in [6.07, 6.45) is 4.04. The number of carbonyl (C=O) groups excluding carboxylic acids is 3. The van der Waals surface area contributed by atoms with Crippen molar-refractivity contribution in [2.75, 3.05) is 32.7 Å². The predicted molar refractivity (Wildman–Crippen MR) is 99.2 cm³/mol. The van der Waals surface area contributed by atoms with Gasteiger partial charge in [0.25, 0.3) is 11.8 Å². The van der Waals surface area contributed by atoms with E-state index in [1.54, 1.807) is 24.3 Å². The fourth-order valence-electron chi connectivity index (χ4n) is 5.58. The number of rotatable bonds is 3. The Morgan fingerprint density at radius 2 is 1.67 bits per heavy atom. The van der Waals surface area contributed by atoms with E-state index in [9.17, 15) is 14.4 Å². The molecule has 1 aromatic rings. The molecule has 5 rings (SSSR count). The molecule has 0 aromatic heterocycles. The Kier molecular flexibility index (Phi) is 4.04. The highest BCUT2D eigenvalue weighted by atomic mass is 16.2. The Hall–Kier alpha value is -2.21. The standard InChI is InChI=1S/C21H25N3O3/c25-19-7-3-6-18-15-10-14(12-24(18)19)11-22(13-15)8-9-23-20(26)16-4-1-2-5-17(16)21(23)27/h1-2,4-5,14-15,18H,3,6-13H2/t14-,15-,18-/m0/s1. The second-order valence-electron chi connectivity index (χ2n) is 8.43. The van der Waals surface area contributed by atoms with Crippen LogP contribution in [-0.2, 0) is 4.79 Å². The molecule has 6 heteroatoms. The van der Waals surface area contributed by atoms with Crippen LogP contribution >= 0.6 is 0 Å². The first-order valence-corrected chi connectivity index (χ1v) is 10.1. The second kappa shape index (κ2) is 6.44. The molecular weight excluding hydrogens is 342 g/mol. The van der Waals surface area contributed by atoms with Crippen molar-refractivity contribution in [2.45, 2.75) is 31.7 Å². The Morgan fingerprint density at radius 1 is 0.926 bits per heavy atom. The highest BCUT2D eigenvalue weighted by Gasteiger charge is 2.44. The highest BCUT2D eigenvalue weighted by Crippen LogP contribution is 2.37. The van der Waals surface area contributed by atoms with Crippen LogP contribution in [-0.4, -0.2) is 71.2 Å². The van der Waals surface area contributed by atoms with Gasteiger partial charge in [-0.25, -0.2) is 0 Å². The molecule has 142 valence electrons. The number of carbonyl (C=O) groups is 3. The van der Waals surface area contributed by atoms with E-state index in [2.05, 4.69) is 9.80 Å². The Morgan fingerprint density at radius 3 is 2.41 bits per heavy atom. The molecule has 0 unspecified atom stereocenters. The first-order valence-electron chi connectivity index (χ1n) is 10.1. The summed E-state index contributed by atoms with van der Waals surface area (Å²) in [6.45, 7) is 3.96. The van der Waals surface area contributed by atoms with Crippen LogP contribution in [0.3, 0.4) is 0 Å². The Labute approximate surface area is 159 Å². The molecule has 3 atom stereocenters. The lowest BCUT2D eigenvalue weighted by Crippen LogP contribution is -2.61. The molecule has 6 nitrogen and oxygen atoms in total. The van der Waals surface area contributed by atoms with Gasteiger partial charge in [0.05, 0.1) is 11.1 Å². The smallest absolute Gasteiger partial charge is 0.261 e. The lowest BCUT2D eigenvalue weighted by Gasteiger charge is -2.52. The summed E-state index contributed by atoms with van der Waals surface area (Å²) in [5.41, 5.74) is 1.05. The second-order valence-corrected chi connectivity index (χ2v) is 8.43. The highest BCUT2D eigenvalue weighted by molar-refractivity contribution is 6.21. The van der Waals surface area contributed by atoms with Crippen LogP contribution in [0.2, 0.25) is 0 Å². The van der Waals surface area contributed by atoms with Crippen LogP contribution in [0.25, 0.3) is 0 Å². The third-order valence-electron chi connectivity index (χ3n) is 6.77. The number of amides is 3. The van der Waals surface area contributed by atoms with Crippen molar-refractivity contribution in [3.63, 3.8) is 0 Å². The number of benzene rings is 1. The lowest BCUT2D eigenvalue weighted by atomic mass is 9.76. The fraction of sp³-hybridized carbons (Fsp3) is 0.571. The maximum atomic E-state index is 12.5. The maximum Gasteiger partial charge on any atom is 0.261 e. The van der Waals surface area contributed by atoms with E-state index >= 15 is 0 Å². The molecule has 3 amide bonds. The summed E-state index contributed by atoms with van der Waals surface area (Å²) >= 11 is 0. The van der Waals surface area contributed by atoms with Gasteiger partial charge >= 0.3 is 0 Å². The molecule has 4 heterocycles. The summed E-state index contributed by atoms with van der Waals surface area (Å²) in [4.78, 5) is 43.3. The van der Waals surface area contributed by atoms with Crippen molar-refractivity contribution >= 4 is 17.7 Å². The van der Waals surface area contributed by atoms with Gasteiger partial charge in [0.15, 0.2) is 0 Å². The van der Waals surface area contributed by atoms with Crippen LogP contribution in [0.1, 0.15) is 46.4 Å². The minimum absolute atomic E-state index is 0.170. The summed E-state index contributed by atoms with van der Waals surface area (Å²) in [7, 11) is 0. The van der Waals surface area contributed by atoms with Gasteiger partial charge in [-0.1, -0.05) is 12.1 Å². The zero-order chi connectivity index (χ0) is 18.5. The van der Waals surface area contributed by atoms with Gasteiger partial charge in [0, 0.05) is 45.2 Å². The van der Waals surface area contributed by atoms with Gasteiger partial charge in [-0.05, 0) is 43.2 Å². The van der Waals surface area contributed by atoms with E-state index in [1.165, 1.54) is 11.3 Å². The third kappa shape index (κ3) is 2.78. The van der Waals surface area contributed by atoms with Crippen LogP contribution < -0.4 is 0 Å². The predicted octanol–water partition coefficient (Wildman–Crippen LogP) is 1.62. The average molecular weight is 367 g/mol. The normalized spacial score (nSPS) is 30.5. The zero-order valence-corrected chi connectivity index (χ0v) is 15.5. The fourth-order valence-corrected chi connectivity index (χ4v) is 5.58. The van der Waals surface area contributed by atoms with Crippen molar-refractivity contribution in [1.82, 2.24) is 14.7 Å². The van der Waals surface area contributed by atoms with E-state index in [1.807, 2.05) is 0 Å². The van der Waals surface area contributed by atoms with E-state index in [0.717, 1.165) is 39.0 Å². The topological polar surface area (TPSA) is 60.9 Å². The number of fused-ring (bicyclic) bond motifs is 5. The van der Waals surface area contributed by atoms with E-state index < -0.39 is 0 Å². The summed E-state index contributed by atoms with van der Waals surface area (Å²) in [5, 5.41) is 0. The van der Waals surface area contributed by atoms with E-state index in [4.69, 9.17) is 0 Å². The largest absolute Gasteiger partial charge is 0.339 e. The van der Waals surface area contributed by atoms with Crippen LogP contribution in [0.5, 0.6) is 0 Å². The number of piperidine rings is 3. The summed E-state index contributed by atoms with van der Waals surface area (Å²) in [5.74, 6) is 1.04. The van der Waals surface area contributed by atoms with Gasteiger partial charge in [-0.15, -0.1) is 0 Å². The van der Waals surface area contributed by atoms with Crippen molar-refractivity contribution in [3.8, 4) is 0 Å². The molecule has 4 aliphatic heterocycles. The maximum absolute atomic E-state index is 12.5. The first kappa shape index (κ1) is 16.9. The molecule has 3 fully saturated rings. The SMILES string of the molecule is O=C1c2ccccc2C(=O)N1CCN1C[C@@H]2C[C@@H](C1)[C@@H]1CCCC(=O)N1C2. The first-order chi connectivity index (χ1) is 13.1. The average Bonchev–Trinajstić information content (AvgIpc) is 2.92. The minimum Gasteiger partial charge on any atom is -0.339 e. The molecule has 4 aliphatic rings. The number of nitrogens with zero attached hydrogens (tertiary/aromatic N) is 3. The van der Waals surface area contributed by atoms with Gasteiger partial charge in [-0.3, -0.25) is 19.3 Å². The molecular formula is C21H25N3O3. The molecule has 0 spiro atoms. The number of hydrogen-bond donors (Lipinski definition) is 0. The summed E-state index contributed by atoms with van der Waals surface area (Å²) < 4.78 is 0. The minimum atomic E-state index is -0.170. The zero-order valence-electron chi connectivity index (χ0n) is 15.5. The van der Waals surface area contributed by atoms with Gasteiger partial charge < -0.3 is 9.80 Å². The van der Waals surface area contributed by atoms with Crippen molar-refractivity contribution in [1.29, 1.82) is 0 Å². The Balaban J connectivity index is 1.24. The number of imide groups is 1. The van der Waals surface area contributed by atoms with Gasteiger partial charge in [0.2, 0.25) is 5.91 Å². The monoisotopic (exact) mass is 367 g/mol. The van der Waals surface area contributed by atoms with Gasteiger partial charge in [0.1, 0.15) is 0 Å². The number of hydrogen-bond acceptors (Lipinski definition) is 4. The number of likely N-dealkylation sites (tertiary alicyclic amines) is 1.